The van der Waals surface area contributed by atoms with Gasteiger partial charge in [-0.3, -0.25) is 0 Å². The highest BCUT2D eigenvalue weighted by atomic mass is 32.1. The number of rotatable bonds is 2. The Balaban J connectivity index is 2.69. The fraction of sp³-hybridized carbons (Fsp3) is 0.250. The molecule has 1 rings (SSSR count). The summed E-state index contributed by atoms with van der Waals surface area (Å²) in [5, 5.41) is 0. The summed E-state index contributed by atoms with van der Waals surface area (Å²) in [5.74, 6) is 0.893. The Kier molecular flexibility index (Phi) is 2.63. The van der Waals surface area contributed by atoms with Crippen LogP contribution in [0, 0.1) is 0 Å². The van der Waals surface area contributed by atoms with Crippen LogP contribution in [0.4, 0.5) is 5.69 Å². The molecule has 0 unspecified atom stereocenters. The second-order valence-corrected chi connectivity index (χ2v) is 2.66. The third-order valence-electron chi connectivity index (χ3n) is 1.38. The van der Waals surface area contributed by atoms with Crippen molar-refractivity contribution in [1.29, 1.82) is 0 Å². The summed E-state index contributed by atoms with van der Waals surface area (Å²) >= 11 is 4.13. The van der Waals surface area contributed by atoms with E-state index in [9.17, 15) is 0 Å². The first-order valence-electron chi connectivity index (χ1n) is 3.28. The van der Waals surface area contributed by atoms with E-state index in [4.69, 9.17) is 5.73 Å². The van der Waals surface area contributed by atoms with Gasteiger partial charge in [0.25, 0.3) is 0 Å². The van der Waals surface area contributed by atoms with E-state index >= 15 is 0 Å². The summed E-state index contributed by atoms with van der Waals surface area (Å²) in [5.41, 5.74) is 7.62. The van der Waals surface area contributed by atoms with E-state index in [1.807, 2.05) is 24.3 Å². The summed E-state index contributed by atoms with van der Waals surface area (Å²) in [6, 6.07) is 7.90. The molecule has 2 heteroatoms. The monoisotopic (exact) mass is 153 g/mol. The first-order chi connectivity index (χ1) is 4.83. The number of hydrogen-bond acceptors (Lipinski definition) is 2. The Morgan fingerprint density at radius 1 is 1.20 bits per heavy atom. The van der Waals surface area contributed by atoms with Gasteiger partial charge in [0.05, 0.1) is 0 Å². The molecule has 0 aliphatic heterocycles. The second-order valence-electron chi connectivity index (χ2n) is 2.22. The Morgan fingerprint density at radius 2 is 1.80 bits per heavy atom. The van der Waals surface area contributed by atoms with Gasteiger partial charge in [-0.25, -0.2) is 0 Å². The van der Waals surface area contributed by atoms with E-state index in [0.717, 1.165) is 17.9 Å². The average molecular weight is 153 g/mol. The summed E-state index contributed by atoms with van der Waals surface area (Å²) < 4.78 is 0. The van der Waals surface area contributed by atoms with E-state index < -0.39 is 0 Å². The van der Waals surface area contributed by atoms with Crippen molar-refractivity contribution in [2.24, 2.45) is 0 Å². The van der Waals surface area contributed by atoms with Gasteiger partial charge in [0, 0.05) is 5.69 Å². The molecule has 10 heavy (non-hydrogen) atoms. The smallest absolute Gasteiger partial charge is 0.0314 e. The molecule has 0 spiro atoms. The lowest BCUT2D eigenvalue weighted by molar-refractivity contribution is 1.16. The molecule has 0 aromatic heterocycles. The number of nitrogens with two attached hydrogens (primary N) is 1. The van der Waals surface area contributed by atoms with E-state index in [2.05, 4.69) is 12.6 Å². The Bertz CT molecular complexity index is 193. The Hall–Kier alpha value is -0.630. The number of nitrogen functional groups attached to an aromatic ring is 1. The van der Waals surface area contributed by atoms with Crippen molar-refractivity contribution in [2.75, 3.05) is 11.5 Å². The lowest BCUT2D eigenvalue weighted by Gasteiger charge is -1.96. The van der Waals surface area contributed by atoms with Gasteiger partial charge >= 0.3 is 0 Å². The molecule has 0 radical (unpaired) electrons. The largest absolute Gasteiger partial charge is 0.399 e. The first-order valence-corrected chi connectivity index (χ1v) is 3.91. The fourth-order valence-corrected chi connectivity index (χ4v) is 1.07. The highest BCUT2D eigenvalue weighted by Crippen LogP contribution is 2.05. The molecule has 1 aromatic carbocycles. The van der Waals surface area contributed by atoms with Gasteiger partial charge in [-0.2, -0.15) is 12.6 Å². The van der Waals surface area contributed by atoms with Crippen LogP contribution >= 0.6 is 12.6 Å². The molecular weight excluding hydrogens is 142 g/mol. The van der Waals surface area contributed by atoms with E-state index in [0.29, 0.717) is 0 Å². The fourth-order valence-electron chi connectivity index (χ4n) is 0.813. The highest BCUT2D eigenvalue weighted by Gasteiger charge is 1.88. The average Bonchev–Trinajstić information content (AvgIpc) is 1.95. The van der Waals surface area contributed by atoms with Crippen LogP contribution < -0.4 is 5.73 Å². The van der Waals surface area contributed by atoms with Crippen molar-refractivity contribution in [3.8, 4) is 0 Å². The molecule has 1 nitrogen and oxygen atoms in total. The maximum Gasteiger partial charge on any atom is 0.0314 e. The zero-order valence-electron chi connectivity index (χ0n) is 5.75. The lowest BCUT2D eigenvalue weighted by Crippen LogP contribution is -1.87. The quantitative estimate of drug-likeness (QED) is 0.491. The molecule has 2 N–H and O–H groups in total. The third kappa shape index (κ3) is 1.95. The molecule has 0 aliphatic rings. The Labute approximate surface area is 66.7 Å². The van der Waals surface area contributed by atoms with E-state index in [1.54, 1.807) is 0 Å². The first kappa shape index (κ1) is 7.48. The van der Waals surface area contributed by atoms with Gasteiger partial charge in [-0.1, -0.05) is 12.1 Å². The normalized spacial score (nSPS) is 9.70. The number of benzene rings is 1. The number of thiol groups is 1. The molecule has 0 fully saturated rings. The maximum atomic E-state index is 5.50. The van der Waals surface area contributed by atoms with Gasteiger partial charge in [-0.15, -0.1) is 0 Å². The molecule has 0 heterocycles. The van der Waals surface area contributed by atoms with Crippen LogP contribution in [0.2, 0.25) is 0 Å². The predicted octanol–water partition coefficient (Wildman–Crippen LogP) is 1.74. The van der Waals surface area contributed by atoms with Crippen LogP contribution in [0.1, 0.15) is 5.56 Å². The molecule has 0 saturated heterocycles. The zero-order valence-corrected chi connectivity index (χ0v) is 6.64. The number of aryl methyl sites for hydroxylation is 1. The van der Waals surface area contributed by atoms with Crippen LogP contribution in [-0.4, -0.2) is 5.75 Å². The summed E-state index contributed by atoms with van der Waals surface area (Å²) in [6.45, 7) is 0. The minimum Gasteiger partial charge on any atom is -0.399 e. The summed E-state index contributed by atoms with van der Waals surface area (Å²) in [4.78, 5) is 0. The minimum atomic E-state index is 0.822. The summed E-state index contributed by atoms with van der Waals surface area (Å²) in [7, 11) is 0. The van der Waals surface area contributed by atoms with Crippen LogP contribution in [0.25, 0.3) is 0 Å². The molecule has 54 valence electrons. The number of anilines is 1. The predicted molar refractivity (Wildman–Crippen MR) is 48.4 cm³/mol. The van der Waals surface area contributed by atoms with Crippen molar-refractivity contribution in [1.82, 2.24) is 0 Å². The van der Waals surface area contributed by atoms with Gasteiger partial charge in [0.1, 0.15) is 0 Å². The van der Waals surface area contributed by atoms with Crippen molar-refractivity contribution in [2.45, 2.75) is 6.42 Å². The van der Waals surface area contributed by atoms with Crippen LogP contribution in [0.3, 0.4) is 0 Å². The van der Waals surface area contributed by atoms with E-state index in [1.165, 1.54) is 5.56 Å². The number of hydrogen-bond donors (Lipinski definition) is 2. The third-order valence-corrected chi connectivity index (χ3v) is 1.60. The lowest BCUT2D eigenvalue weighted by atomic mass is 10.2. The van der Waals surface area contributed by atoms with Gasteiger partial charge in [0.15, 0.2) is 0 Å². The van der Waals surface area contributed by atoms with Crippen molar-refractivity contribution in [3.05, 3.63) is 29.8 Å². The molecule has 0 bridgehead atoms. The van der Waals surface area contributed by atoms with Crippen molar-refractivity contribution < 1.29 is 0 Å². The zero-order chi connectivity index (χ0) is 7.40. The molecular formula is C8H11NS. The molecule has 1 aromatic rings. The van der Waals surface area contributed by atoms with E-state index in [-0.39, 0.29) is 0 Å². The van der Waals surface area contributed by atoms with Crippen LogP contribution in [0.15, 0.2) is 24.3 Å². The molecule has 0 saturated carbocycles. The van der Waals surface area contributed by atoms with Crippen LogP contribution in [-0.2, 0) is 6.42 Å². The molecule has 0 aliphatic carbocycles. The SMILES string of the molecule is Nc1ccc(CCS)cc1. The van der Waals surface area contributed by atoms with Gasteiger partial charge in [-0.05, 0) is 29.9 Å². The van der Waals surface area contributed by atoms with Gasteiger partial charge in [0.2, 0.25) is 0 Å². The van der Waals surface area contributed by atoms with Crippen molar-refractivity contribution in [3.63, 3.8) is 0 Å². The second kappa shape index (κ2) is 3.52. The topological polar surface area (TPSA) is 26.0 Å². The standard InChI is InChI=1S/C8H11NS/c9-8-3-1-7(2-4-8)5-6-10/h1-4,10H,5-6,9H2. The maximum absolute atomic E-state index is 5.50. The van der Waals surface area contributed by atoms with Crippen molar-refractivity contribution >= 4 is 18.3 Å². The Morgan fingerprint density at radius 3 is 2.30 bits per heavy atom. The van der Waals surface area contributed by atoms with Crippen LogP contribution in [0.5, 0.6) is 0 Å². The summed E-state index contributed by atoms with van der Waals surface area (Å²) in [6.07, 6.45) is 1.02. The highest BCUT2D eigenvalue weighted by molar-refractivity contribution is 7.80. The van der Waals surface area contributed by atoms with Gasteiger partial charge < -0.3 is 5.73 Å². The molecule has 0 atom stereocenters. The minimum absolute atomic E-state index is 0.822. The molecule has 0 amide bonds.